The van der Waals surface area contributed by atoms with E-state index in [1.165, 1.54) is 50.5 Å². The summed E-state index contributed by atoms with van der Waals surface area (Å²) >= 11 is 0. The van der Waals surface area contributed by atoms with E-state index in [0.29, 0.717) is 5.92 Å². The number of hydrogen-bond acceptors (Lipinski definition) is 2. The maximum Gasteiger partial charge on any atom is 0.122 e. The highest BCUT2D eigenvalue weighted by Gasteiger charge is 2.35. The molecule has 2 saturated carbocycles. The minimum atomic E-state index is -0.279. The Bertz CT molecular complexity index is 510. The SMILES string of the molecule is OC(c1ccc2c(c1)CCO2)C1CCC2CCCCC2C1. The summed E-state index contributed by atoms with van der Waals surface area (Å²) in [5.74, 6) is 3.31. The van der Waals surface area contributed by atoms with Gasteiger partial charge in [0.15, 0.2) is 0 Å². The topological polar surface area (TPSA) is 29.5 Å². The molecule has 1 heterocycles. The maximum atomic E-state index is 10.8. The lowest BCUT2D eigenvalue weighted by molar-refractivity contribution is 0.0349. The minimum Gasteiger partial charge on any atom is -0.493 e. The highest BCUT2D eigenvalue weighted by atomic mass is 16.5. The fraction of sp³-hybridized carbons (Fsp3) is 0.684. The van der Waals surface area contributed by atoms with Crippen molar-refractivity contribution < 1.29 is 9.84 Å². The molecule has 114 valence electrons. The molecule has 0 aromatic heterocycles. The molecule has 2 nitrogen and oxygen atoms in total. The third-order valence-corrected chi connectivity index (χ3v) is 6.08. The van der Waals surface area contributed by atoms with E-state index in [1.54, 1.807) is 0 Å². The molecule has 1 aromatic rings. The third-order valence-electron chi connectivity index (χ3n) is 6.08. The second-order valence-corrected chi connectivity index (χ2v) is 7.29. The summed E-state index contributed by atoms with van der Waals surface area (Å²) in [7, 11) is 0. The van der Waals surface area contributed by atoms with Crippen molar-refractivity contribution in [3.8, 4) is 5.75 Å². The van der Waals surface area contributed by atoms with Gasteiger partial charge in [-0.05, 0) is 60.3 Å². The second-order valence-electron chi connectivity index (χ2n) is 7.29. The monoisotopic (exact) mass is 286 g/mol. The van der Waals surface area contributed by atoms with Crippen LogP contribution >= 0.6 is 0 Å². The summed E-state index contributed by atoms with van der Waals surface area (Å²) in [6.07, 6.45) is 10.1. The average Bonchev–Trinajstić information content (AvgIpc) is 3.01. The first kappa shape index (κ1) is 13.6. The van der Waals surface area contributed by atoms with E-state index in [4.69, 9.17) is 4.74 Å². The summed E-state index contributed by atoms with van der Waals surface area (Å²) in [5, 5.41) is 10.8. The summed E-state index contributed by atoms with van der Waals surface area (Å²) in [5.41, 5.74) is 2.39. The molecule has 4 unspecified atom stereocenters. The molecule has 0 radical (unpaired) electrons. The molecule has 4 rings (SSSR count). The summed E-state index contributed by atoms with van der Waals surface area (Å²) in [6.45, 7) is 0.794. The van der Waals surface area contributed by atoms with Gasteiger partial charge in [0.1, 0.15) is 5.75 Å². The van der Waals surface area contributed by atoms with Crippen LogP contribution in [0.15, 0.2) is 18.2 Å². The van der Waals surface area contributed by atoms with E-state index < -0.39 is 0 Å². The molecule has 0 amide bonds. The fourth-order valence-corrected chi connectivity index (χ4v) is 4.86. The van der Waals surface area contributed by atoms with Crippen LogP contribution < -0.4 is 4.74 Å². The largest absolute Gasteiger partial charge is 0.493 e. The number of ether oxygens (including phenoxy) is 1. The molecule has 0 saturated heterocycles. The Kier molecular flexibility index (Phi) is 3.66. The predicted molar refractivity (Wildman–Crippen MR) is 83.4 cm³/mol. The van der Waals surface area contributed by atoms with Crippen LogP contribution in [0.4, 0.5) is 0 Å². The first-order valence-electron chi connectivity index (χ1n) is 8.75. The molecule has 4 atom stereocenters. The van der Waals surface area contributed by atoms with Crippen LogP contribution in [0.2, 0.25) is 0 Å². The van der Waals surface area contributed by atoms with Gasteiger partial charge >= 0.3 is 0 Å². The van der Waals surface area contributed by atoms with E-state index in [0.717, 1.165) is 36.2 Å². The lowest BCUT2D eigenvalue weighted by atomic mass is 9.66. The van der Waals surface area contributed by atoms with Crippen molar-refractivity contribution in [2.24, 2.45) is 17.8 Å². The number of hydrogen-bond donors (Lipinski definition) is 1. The fourth-order valence-electron chi connectivity index (χ4n) is 4.86. The second kappa shape index (κ2) is 5.64. The smallest absolute Gasteiger partial charge is 0.122 e. The van der Waals surface area contributed by atoms with Gasteiger partial charge in [-0.15, -0.1) is 0 Å². The number of fused-ring (bicyclic) bond motifs is 2. The van der Waals surface area contributed by atoms with Crippen molar-refractivity contribution in [1.82, 2.24) is 0 Å². The Hall–Kier alpha value is -1.02. The Morgan fingerprint density at radius 2 is 1.90 bits per heavy atom. The molecular weight excluding hydrogens is 260 g/mol. The standard InChI is InChI=1S/C19H26O2/c20-19(17-7-8-18-15(12-17)9-10-21-18)16-6-5-13-3-1-2-4-14(13)11-16/h7-8,12-14,16,19-20H,1-6,9-11H2. The first-order valence-corrected chi connectivity index (χ1v) is 8.75. The Labute approximate surface area is 127 Å². The molecule has 0 spiro atoms. The quantitative estimate of drug-likeness (QED) is 0.880. The van der Waals surface area contributed by atoms with Crippen LogP contribution in [0, 0.1) is 17.8 Å². The number of aliphatic hydroxyl groups is 1. The van der Waals surface area contributed by atoms with E-state index in [2.05, 4.69) is 12.1 Å². The highest BCUT2D eigenvalue weighted by molar-refractivity contribution is 5.40. The normalized spacial score (nSPS) is 32.9. The average molecular weight is 286 g/mol. The van der Waals surface area contributed by atoms with E-state index in [9.17, 15) is 5.11 Å². The highest BCUT2D eigenvalue weighted by Crippen LogP contribution is 2.46. The van der Waals surface area contributed by atoms with Crippen molar-refractivity contribution >= 4 is 0 Å². The maximum absolute atomic E-state index is 10.8. The Morgan fingerprint density at radius 1 is 1.05 bits per heavy atom. The molecule has 21 heavy (non-hydrogen) atoms. The molecule has 1 aromatic carbocycles. The summed E-state index contributed by atoms with van der Waals surface area (Å²) in [4.78, 5) is 0. The molecule has 2 fully saturated rings. The van der Waals surface area contributed by atoms with Crippen LogP contribution in [0.1, 0.15) is 62.2 Å². The first-order chi connectivity index (χ1) is 10.3. The van der Waals surface area contributed by atoms with E-state index in [1.807, 2.05) is 6.07 Å². The third kappa shape index (κ3) is 2.59. The molecule has 3 aliphatic rings. The van der Waals surface area contributed by atoms with Crippen LogP contribution in [0.3, 0.4) is 0 Å². The molecule has 2 heteroatoms. The van der Waals surface area contributed by atoms with Crippen molar-refractivity contribution in [2.75, 3.05) is 6.61 Å². The summed E-state index contributed by atoms with van der Waals surface area (Å²) in [6, 6.07) is 6.30. The molecular formula is C19H26O2. The van der Waals surface area contributed by atoms with Gasteiger partial charge in [0.2, 0.25) is 0 Å². The van der Waals surface area contributed by atoms with Gasteiger partial charge in [-0.3, -0.25) is 0 Å². The van der Waals surface area contributed by atoms with Crippen LogP contribution in [-0.4, -0.2) is 11.7 Å². The van der Waals surface area contributed by atoms with Crippen molar-refractivity contribution in [3.63, 3.8) is 0 Å². The van der Waals surface area contributed by atoms with Gasteiger partial charge in [-0.2, -0.15) is 0 Å². The lowest BCUT2D eigenvalue weighted by Crippen LogP contribution is -2.30. The van der Waals surface area contributed by atoms with E-state index in [-0.39, 0.29) is 6.10 Å². The van der Waals surface area contributed by atoms with E-state index >= 15 is 0 Å². The predicted octanol–water partition coefficient (Wildman–Crippen LogP) is 4.26. The van der Waals surface area contributed by atoms with Crippen LogP contribution in [0.5, 0.6) is 5.75 Å². The van der Waals surface area contributed by atoms with Crippen molar-refractivity contribution in [3.05, 3.63) is 29.3 Å². The number of benzene rings is 1. The number of rotatable bonds is 2. The minimum absolute atomic E-state index is 0.279. The van der Waals surface area contributed by atoms with Gasteiger partial charge in [-0.25, -0.2) is 0 Å². The van der Waals surface area contributed by atoms with Gasteiger partial charge in [0, 0.05) is 6.42 Å². The zero-order chi connectivity index (χ0) is 14.2. The molecule has 2 aliphatic carbocycles. The zero-order valence-electron chi connectivity index (χ0n) is 12.8. The Balaban J connectivity index is 1.48. The van der Waals surface area contributed by atoms with Gasteiger partial charge in [0.25, 0.3) is 0 Å². The summed E-state index contributed by atoms with van der Waals surface area (Å²) < 4.78 is 5.57. The van der Waals surface area contributed by atoms with Gasteiger partial charge in [0.05, 0.1) is 12.7 Å². The van der Waals surface area contributed by atoms with Crippen molar-refractivity contribution in [1.29, 1.82) is 0 Å². The van der Waals surface area contributed by atoms with Gasteiger partial charge in [-0.1, -0.05) is 31.7 Å². The molecule has 1 aliphatic heterocycles. The van der Waals surface area contributed by atoms with Crippen LogP contribution in [-0.2, 0) is 6.42 Å². The molecule has 0 bridgehead atoms. The van der Waals surface area contributed by atoms with Gasteiger partial charge < -0.3 is 9.84 Å². The Morgan fingerprint density at radius 3 is 2.81 bits per heavy atom. The zero-order valence-corrected chi connectivity index (χ0v) is 12.8. The van der Waals surface area contributed by atoms with Crippen LogP contribution in [0.25, 0.3) is 0 Å². The molecule has 1 N–H and O–H groups in total. The van der Waals surface area contributed by atoms with Crippen molar-refractivity contribution in [2.45, 2.75) is 57.5 Å². The number of aliphatic hydroxyl groups excluding tert-OH is 1. The lowest BCUT2D eigenvalue weighted by Gasteiger charge is -2.40.